The zero-order chi connectivity index (χ0) is 18.8. The van der Waals surface area contributed by atoms with Gasteiger partial charge in [0.05, 0.1) is 11.0 Å². The first-order valence-electron chi connectivity index (χ1n) is 9.73. The molecular weight excluding hydrogens is 358 g/mol. The fourth-order valence-corrected chi connectivity index (χ4v) is 5.23. The number of aryl methyl sites for hydroxylation is 1. The average Bonchev–Trinajstić information content (AvgIpc) is 3.19. The number of nitrogens with one attached hydrogen (secondary N) is 1. The Morgan fingerprint density at radius 1 is 1.19 bits per heavy atom. The number of amides is 2. The van der Waals surface area contributed by atoms with Gasteiger partial charge in [-0.3, -0.25) is 14.5 Å². The van der Waals surface area contributed by atoms with E-state index in [1.807, 2.05) is 23.6 Å². The highest BCUT2D eigenvalue weighted by atomic mass is 32.1. The van der Waals surface area contributed by atoms with Gasteiger partial charge in [0.2, 0.25) is 5.91 Å². The van der Waals surface area contributed by atoms with Gasteiger partial charge in [0.15, 0.2) is 0 Å². The second-order valence-corrected chi connectivity index (χ2v) is 8.29. The smallest absolute Gasteiger partial charge is 0.280 e. The highest BCUT2D eigenvalue weighted by Crippen LogP contribution is 2.36. The molecule has 1 saturated heterocycles. The molecule has 1 N–H and O–H groups in total. The third kappa shape index (κ3) is 3.69. The maximum atomic E-state index is 13.2. The molecule has 1 aliphatic heterocycles. The summed E-state index contributed by atoms with van der Waals surface area (Å²) in [5.41, 5.74) is 2.74. The molecule has 1 aromatic carbocycles. The van der Waals surface area contributed by atoms with Gasteiger partial charge in [-0.15, -0.1) is 11.3 Å². The molecule has 2 aliphatic rings. The monoisotopic (exact) mass is 383 g/mol. The summed E-state index contributed by atoms with van der Waals surface area (Å²) in [5, 5.41) is 6.20. The maximum absolute atomic E-state index is 13.2. The number of benzene rings is 1. The summed E-state index contributed by atoms with van der Waals surface area (Å²) in [6.45, 7) is 3.47. The van der Waals surface area contributed by atoms with Crippen LogP contribution in [0.1, 0.15) is 71.2 Å². The first-order chi connectivity index (χ1) is 13.1. The molecule has 0 unspecified atom stereocenters. The minimum atomic E-state index is -0.263. The fraction of sp³-hybridized carbons (Fsp3) is 0.476. The van der Waals surface area contributed by atoms with Crippen molar-refractivity contribution in [3.05, 3.63) is 51.5 Å². The Bertz CT molecular complexity index is 841. The zero-order valence-electron chi connectivity index (χ0n) is 15.6. The van der Waals surface area contributed by atoms with Gasteiger partial charge in [0.1, 0.15) is 5.69 Å². The van der Waals surface area contributed by atoms with Gasteiger partial charge in [-0.05, 0) is 56.3 Å². The van der Waals surface area contributed by atoms with E-state index >= 15 is 0 Å². The number of hydrogen-bond donors (Lipinski definition) is 1. The summed E-state index contributed by atoms with van der Waals surface area (Å²) >= 11 is 1.55. The van der Waals surface area contributed by atoms with Crippen LogP contribution in [0.4, 0.5) is 0 Å². The van der Waals surface area contributed by atoms with Gasteiger partial charge < -0.3 is 5.32 Å². The lowest BCUT2D eigenvalue weighted by Gasteiger charge is -2.33. The number of hydrogen-bond acceptors (Lipinski definition) is 5. The molecule has 6 heteroatoms. The molecule has 4 rings (SSSR count). The molecular formula is C21H25N3O2S. The van der Waals surface area contributed by atoms with Crippen LogP contribution in [0.5, 0.6) is 0 Å². The average molecular weight is 384 g/mol. The third-order valence-corrected chi connectivity index (χ3v) is 6.64. The first kappa shape index (κ1) is 18.3. The Labute approximate surface area is 163 Å². The van der Waals surface area contributed by atoms with Crippen LogP contribution in [0.3, 0.4) is 0 Å². The summed E-state index contributed by atoms with van der Waals surface area (Å²) in [5.74, 6) is -0.0576. The van der Waals surface area contributed by atoms with Crippen LogP contribution in [0.15, 0.2) is 29.6 Å². The normalized spacial score (nSPS) is 20.1. The van der Waals surface area contributed by atoms with Crippen LogP contribution < -0.4 is 5.32 Å². The Morgan fingerprint density at radius 3 is 2.74 bits per heavy atom. The van der Waals surface area contributed by atoms with E-state index in [2.05, 4.69) is 16.4 Å². The lowest BCUT2D eigenvalue weighted by molar-refractivity contribution is -0.128. The van der Waals surface area contributed by atoms with E-state index in [1.165, 1.54) is 17.4 Å². The highest BCUT2D eigenvalue weighted by Gasteiger charge is 2.34. The van der Waals surface area contributed by atoms with Crippen molar-refractivity contribution in [2.45, 2.75) is 51.0 Å². The van der Waals surface area contributed by atoms with Crippen LogP contribution in [0.25, 0.3) is 0 Å². The summed E-state index contributed by atoms with van der Waals surface area (Å²) in [7, 11) is 0. The third-order valence-electron chi connectivity index (χ3n) is 5.64. The van der Waals surface area contributed by atoms with Crippen molar-refractivity contribution in [1.82, 2.24) is 15.2 Å². The van der Waals surface area contributed by atoms with Crippen molar-refractivity contribution in [2.24, 2.45) is 0 Å². The molecule has 0 saturated carbocycles. The molecule has 27 heavy (non-hydrogen) atoms. The number of thiazole rings is 1. The number of carbonyl (C=O) groups is 2. The summed E-state index contributed by atoms with van der Waals surface area (Å²) in [4.78, 5) is 31.7. The van der Waals surface area contributed by atoms with E-state index < -0.39 is 0 Å². The van der Waals surface area contributed by atoms with Crippen molar-refractivity contribution >= 4 is 23.2 Å². The highest BCUT2D eigenvalue weighted by molar-refractivity contribution is 7.09. The Balaban J connectivity index is 1.61. The van der Waals surface area contributed by atoms with E-state index in [0.717, 1.165) is 55.8 Å². The number of rotatable bonds is 3. The van der Waals surface area contributed by atoms with Gasteiger partial charge in [-0.1, -0.05) is 24.3 Å². The van der Waals surface area contributed by atoms with Crippen LogP contribution in [0, 0.1) is 0 Å². The minimum Gasteiger partial charge on any atom is -0.317 e. The molecule has 1 atom stereocenters. The van der Waals surface area contributed by atoms with Crippen LogP contribution in [0.2, 0.25) is 0 Å². The van der Waals surface area contributed by atoms with Crippen LogP contribution >= 0.6 is 11.3 Å². The van der Waals surface area contributed by atoms with Crippen LogP contribution in [-0.2, 0) is 11.2 Å². The molecule has 1 fully saturated rings. The molecule has 5 nitrogen and oxygen atoms in total. The molecule has 0 radical (unpaired) electrons. The van der Waals surface area contributed by atoms with E-state index in [9.17, 15) is 9.59 Å². The van der Waals surface area contributed by atoms with Crippen LogP contribution in [-0.4, -0.2) is 34.8 Å². The number of carbonyl (C=O) groups excluding carboxylic acids is 2. The molecule has 2 heterocycles. The van der Waals surface area contributed by atoms with Gasteiger partial charge in [-0.2, -0.15) is 0 Å². The zero-order valence-corrected chi connectivity index (χ0v) is 16.4. The van der Waals surface area contributed by atoms with E-state index in [1.54, 1.807) is 11.3 Å². The number of fused-ring (bicyclic) bond motifs is 1. The van der Waals surface area contributed by atoms with Crippen molar-refractivity contribution in [3.63, 3.8) is 0 Å². The van der Waals surface area contributed by atoms with Crippen molar-refractivity contribution in [3.8, 4) is 0 Å². The van der Waals surface area contributed by atoms with Gasteiger partial charge >= 0.3 is 0 Å². The van der Waals surface area contributed by atoms with Crippen molar-refractivity contribution in [2.75, 3.05) is 13.1 Å². The first-order valence-corrected chi connectivity index (χ1v) is 10.6. The molecule has 0 bridgehead atoms. The number of nitrogens with zero attached hydrogens (tertiary/aromatic N) is 2. The van der Waals surface area contributed by atoms with Crippen molar-refractivity contribution in [1.29, 1.82) is 0 Å². The quantitative estimate of drug-likeness (QED) is 0.878. The van der Waals surface area contributed by atoms with Gasteiger partial charge in [0, 0.05) is 18.2 Å². The van der Waals surface area contributed by atoms with Gasteiger partial charge in [0.25, 0.3) is 5.91 Å². The standard InChI is InChI=1S/C21H25N3O2S/c1-14(25)24(19-8-4-6-15-5-2-3-7-17(15)19)21(26)18-13-27-20(23-18)16-9-11-22-12-10-16/h2-3,5,7,13,16,19,22H,4,6,8-12H2,1H3/t19-/m1/s1. The predicted molar refractivity (Wildman–Crippen MR) is 106 cm³/mol. The molecule has 2 aromatic rings. The molecule has 1 aromatic heterocycles. The summed E-state index contributed by atoms with van der Waals surface area (Å²) < 4.78 is 0. The Kier molecular flexibility index (Phi) is 5.36. The second kappa shape index (κ2) is 7.90. The lowest BCUT2D eigenvalue weighted by Crippen LogP contribution is -2.40. The van der Waals surface area contributed by atoms with Gasteiger partial charge in [-0.25, -0.2) is 4.98 Å². The molecule has 142 valence electrons. The Morgan fingerprint density at radius 2 is 1.96 bits per heavy atom. The van der Waals surface area contributed by atoms with Crippen molar-refractivity contribution < 1.29 is 9.59 Å². The van der Waals surface area contributed by atoms with E-state index in [-0.39, 0.29) is 17.9 Å². The SMILES string of the molecule is CC(=O)N(C(=O)c1csc(C2CCNCC2)n1)[C@@H]1CCCc2ccccc21. The van der Waals surface area contributed by atoms with E-state index in [4.69, 9.17) is 0 Å². The predicted octanol–water partition coefficient (Wildman–Crippen LogP) is 3.68. The number of piperidine rings is 1. The Hall–Kier alpha value is -2.05. The molecule has 1 aliphatic carbocycles. The molecule has 0 spiro atoms. The topological polar surface area (TPSA) is 62.3 Å². The summed E-state index contributed by atoms with van der Waals surface area (Å²) in [6.07, 6.45) is 4.90. The second-order valence-electron chi connectivity index (χ2n) is 7.40. The number of aromatic nitrogens is 1. The molecule has 2 amide bonds. The number of imide groups is 1. The lowest BCUT2D eigenvalue weighted by atomic mass is 9.86. The van der Waals surface area contributed by atoms with E-state index in [0.29, 0.717) is 11.6 Å². The maximum Gasteiger partial charge on any atom is 0.280 e. The largest absolute Gasteiger partial charge is 0.317 e. The fourth-order valence-electron chi connectivity index (χ4n) is 4.27. The minimum absolute atomic E-state index is 0.191. The summed E-state index contributed by atoms with van der Waals surface area (Å²) in [6, 6.07) is 7.96.